The Morgan fingerprint density at radius 2 is 2.21 bits per heavy atom. The van der Waals surface area contributed by atoms with E-state index in [9.17, 15) is 0 Å². The van der Waals surface area contributed by atoms with Gasteiger partial charge in [-0.2, -0.15) is 0 Å². The lowest BCUT2D eigenvalue weighted by Crippen LogP contribution is -2.28. The molecule has 4 heteroatoms. The highest BCUT2D eigenvalue weighted by atomic mass is 16.5. The van der Waals surface area contributed by atoms with Crippen molar-refractivity contribution in [3.05, 3.63) is 17.6 Å². The van der Waals surface area contributed by atoms with Crippen LogP contribution in [0.3, 0.4) is 0 Å². The van der Waals surface area contributed by atoms with E-state index in [4.69, 9.17) is 9.72 Å². The number of rotatable bonds is 2. The lowest BCUT2D eigenvalue weighted by molar-refractivity contribution is 0.160. The van der Waals surface area contributed by atoms with E-state index in [1.807, 2.05) is 0 Å². The van der Waals surface area contributed by atoms with Crippen LogP contribution in [0, 0.1) is 12.3 Å². The summed E-state index contributed by atoms with van der Waals surface area (Å²) in [5, 5.41) is 0. The van der Waals surface area contributed by atoms with Crippen LogP contribution < -0.4 is 4.90 Å². The van der Waals surface area contributed by atoms with Crippen LogP contribution in [0.25, 0.3) is 0 Å². The van der Waals surface area contributed by atoms with Gasteiger partial charge in [-0.3, -0.25) is 0 Å². The van der Waals surface area contributed by atoms with Crippen LogP contribution in [-0.2, 0) is 4.74 Å². The molecule has 3 aliphatic rings. The lowest BCUT2D eigenvalue weighted by atomic mass is 9.87. The maximum absolute atomic E-state index is 5.60. The third kappa shape index (κ3) is 2.12. The molecule has 4 nitrogen and oxygen atoms in total. The fraction of sp³-hybridized carbons (Fsp3) is 0.733. The van der Waals surface area contributed by atoms with Gasteiger partial charge in [0, 0.05) is 42.8 Å². The fourth-order valence-corrected chi connectivity index (χ4v) is 3.36. The van der Waals surface area contributed by atoms with E-state index in [-0.39, 0.29) is 0 Å². The average Bonchev–Trinajstić information content (AvgIpc) is 3.03. The molecule has 4 rings (SSSR count). The zero-order chi connectivity index (χ0) is 12.9. The Balaban J connectivity index is 1.59. The molecule has 0 amide bonds. The van der Waals surface area contributed by atoms with Crippen molar-refractivity contribution in [2.75, 3.05) is 31.2 Å². The van der Waals surface area contributed by atoms with Crippen molar-refractivity contribution in [2.45, 2.75) is 38.5 Å². The summed E-state index contributed by atoms with van der Waals surface area (Å²) >= 11 is 0. The summed E-state index contributed by atoms with van der Waals surface area (Å²) in [5.41, 5.74) is 1.51. The van der Waals surface area contributed by atoms with Crippen LogP contribution in [0.5, 0.6) is 0 Å². The summed E-state index contributed by atoms with van der Waals surface area (Å²) < 4.78 is 5.60. The summed E-state index contributed by atoms with van der Waals surface area (Å²) in [5.74, 6) is 2.84. The van der Waals surface area contributed by atoms with E-state index < -0.39 is 0 Å². The normalized spacial score (nSPS) is 30.5. The third-order valence-electron chi connectivity index (χ3n) is 4.75. The van der Waals surface area contributed by atoms with Crippen LogP contribution in [-0.4, -0.2) is 36.3 Å². The van der Waals surface area contributed by atoms with Crippen LogP contribution in [0.2, 0.25) is 0 Å². The van der Waals surface area contributed by atoms with Crippen molar-refractivity contribution in [2.24, 2.45) is 5.41 Å². The van der Waals surface area contributed by atoms with Crippen molar-refractivity contribution < 1.29 is 4.74 Å². The summed E-state index contributed by atoms with van der Waals surface area (Å²) in [6.45, 7) is 6.17. The summed E-state index contributed by atoms with van der Waals surface area (Å²) in [4.78, 5) is 11.8. The van der Waals surface area contributed by atoms with E-state index in [1.165, 1.54) is 25.7 Å². The van der Waals surface area contributed by atoms with Crippen molar-refractivity contribution >= 4 is 5.82 Å². The molecule has 1 saturated carbocycles. The molecule has 0 N–H and O–H groups in total. The van der Waals surface area contributed by atoms with Crippen molar-refractivity contribution in [3.63, 3.8) is 0 Å². The number of hydrogen-bond acceptors (Lipinski definition) is 4. The molecule has 2 saturated heterocycles. The monoisotopic (exact) mass is 259 g/mol. The molecule has 0 bridgehead atoms. The first-order valence-corrected chi connectivity index (χ1v) is 7.42. The minimum atomic E-state index is 0.401. The Bertz CT molecular complexity index is 492. The molecule has 1 unspecified atom stereocenters. The molecule has 19 heavy (non-hydrogen) atoms. The van der Waals surface area contributed by atoms with Gasteiger partial charge in [0.2, 0.25) is 0 Å². The van der Waals surface area contributed by atoms with Crippen LogP contribution >= 0.6 is 0 Å². The van der Waals surface area contributed by atoms with Gasteiger partial charge in [0.05, 0.1) is 6.61 Å². The number of ether oxygens (including phenoxy) is 1. The maximum atomic E-state index is 5.60. The van der Waals surface area contributed by atoms with Crippen LogP contribution in [0.4, 0.5) is 5.82 Å². The SMILES string of the molecule is Cc1cc(N2CCC3(CCOC3)C2)nc(C2CC2)n1. The van der Waals surface area contributed by atoms with Gasteiger partial charge in [-0.25, -0.2) is 9.97 Å². The average molecular weight is 259 g/mol. The summed E-state index contributed by atoms with van der Waals surface area (Å²) in [7, 11) is 0. The Labute approximate surface area is 114 Å². The topological polar surface area (TPSA) is 38.2 Å². The molecule has 1 aliphatic carbocycles. The molecular formula is C15H21N3O. The zero-order valence-electron chi connectivity index (χ0n) is 11.6. The molecule has 102 valence electrons. The van der Waals surface area contributed by atoms with Gasteiger partial charge in [0.1, 0.15) is 11.6 Å². The quantitative estimate of drug-likeness (QED) is 0.816. The first-order chi connectivity index (χ1) is 9.24. The van der Waals surface area contributed by atoms with Crippen molar-refractivity contribution in [1.29, 1.82) is 0 Å². The van der Waals surface area contributed by atoms with E-state index in [0.29, 0.717) is 11.3 Å². The number of anilines is 1. The Morgan fingerprint density at radius 3 is 2.95 bits per heavy atom. The molecule has 0 radical (unpaired) electrons. The lowest BCUT2D eigenvalue weighted by Gasteiger charge is -2.23. The standard InChI is InChI=1S/C15H21N3O/c1-11-8-13(17-14(16-11)12-2-3-12)18-6-4-15(9-18)5-7-19-10-15/h8,12H,2-7,9-10H2,1H3. The molecule has 3 fully saturated rings. The minimum absolute atomic E-state index is 0.401. The number of aromatic nitrogens is 2. The number of nitrogens with zero attached hydrogens (tertiary/aromatic N) is 3. The largest absolute Gasteiger partial charge is 0.381 e. The van der Waals surface area contributed by atoms with Gasteiger partial charge >= 0.3 is 0 Å². The molecular weight excluding hydrogens is 238 g/mol. The highest BCUT2D eigenvalue weighted by molar-refractivity contribution is 5.42. The minimum Gasteiger partial charge on any atom is -0.381 e. The molecule has 3 heterocycles. The Hall–Kier alpha value is -1.16. The second kappa shape index (κ2) is 4.17. The Kier molecular flexibility index (Phi) is 2.56. The van der Waals surface area contributed by atoms with Crippen molar-refractivity contribution in [1.82, 2.24) is 9.97 Å². The van der Waals surface area contributed by atoms with Gasteiger partial charge < -0.3 is 9.64 Å². The summed E-state index contributed by atoms with van der Waals surface area (Å²) in [6, 6.07) is 2.14. The van der Waals surface area contributed by atoms with Gasteiger partial charge in [0.15, 0.2) is 0 Å². The fourth-order valence-electron chi connectivity index (χ4n) is 3.36. The predicted molar refractivity (Wildman–Crippen MR) is 73.4 cm³/mol. The van der Waals surface area contributed by atoms with E-state index in [2.05, 4.69) is 22.9 Å². The predicted octanol–water partition coefficient (Wildman–Crippen LogP) is 2.28. The molecule has 1 aromatic heterocycles. The first kappa shape index (κ1) is 11.6. The smallest absolute Gasteiger partial charge is 0.134 e. The molecule has 0 aromatic carbocycles. The van der Waals surface area contributed by atoms with Crippen LogP contribution in [0.15, 0.2) is 6.07 Å². The summed E-state index contributed by atoms with van der Waals surface area (Å²) in [6.07, 6.45) is 4.99. The van der Waals surface area contributed by atoms with E-state index in [1.54, 1.807) is 0 Å². The first-order valence-electron chi connectivity index (χ1n) is 7.42. The van der Waals surface area contributed by atoms with Crippen molar-refractivity contribution in [3.8, 4) is 0 Å². The maximum Gasteiger partial charge on any atom is 0.134 e. The highest BCUT2D eigenvalue weighted by Crippen LogP contribution is 2.41. The van der Waals surface area contributed by atoms with Gasteiger partial charge in [-0.05, 0) is 32.6 Å². The molecule has 1 atom stereocenters. The second-order valence-corrected chi connectivity index (χ2v) is 6.47. The molecule has 1 aromatic rings. The molecule has 2 aliphatic heterocycles. The van der Waals surface area contributed by atoms with Gasteiger partial charge in [0.25, 0.3) is 0 Å². The number of aryl methyl sites for hydroxylation is 1. The zero-order valence-corrected chi connectivity index (χ0v) is 11.6. The van der Waals surface area contributed by atoms with Gasteiger partial charge in [-0.15, -0.1) is 0 Å². The van der Waals surface area contributed by atoms with E-state index >= 15 is 0 Å². The van der Waals surface area contributed by atoms with Crippen LogP contribution in [0.1, 0.15) is 43.1 Å². The third-order valence-corrected chi connectivity index (χ3v) is 4.75. The Morgan fingerprint density at radius 1 is 1.32 bits per heavy atom. The second-order valence-electron chi connectivity index (χ2n) is 6.47. The highest BCUT2D eigenvalue weighted by Gasteiger charge is 2.42. The van der Waals surface area contributed by atoms with E-state index in [0.717, 1.165) is 43.6 Å². The number of hydrogen-bond donors (Lipinski definition) is 0. The van der Waals surface area contributed by atoms with Gasteiger partial charge in [-0.1, -0.05) is 0 Å². The molecule has 1 spiro atoms.